The number of rotatable bonds is 5. The Morgan fingerprint density at radius 1 is 1.12 bits per heavy atom. The standard InChI is InChI=1S/C15H16ClNO.C2HF3O2/c1-18-14-8-6-12(7-9-14)10-17-11-13-4-2-3-5-15(13)16;3-2(4,5)1(6)7/h2-9,17H,10-11H2,1H3;(H,6,7). The Hall–Kier alpha value is -2.25. The van der Waals surface area contributed by atoms with Crippen LogP contribution in [-0.4, -0.2) is 24.4 Å². The van der Waals surface area contributed by atoms with Gasteiger partial charge in [0.25, 0.3) is 0 Å². The number of methoxy groups -OCH3 is 1. The molecule has 136 valence electrons. The normalized spacial score (nSPS) is 10.6. The van der Waals surface area contributed by atoms with E-state index in [9.17, 15) is 13.2 Å². The monoisotopic (exact) mass is 375 g/mol. The summed E-state index contributed by atoms with van der Waals surface area (Å²) in [5.74, 6) is -1.88. The lowest BCUT2D eigenvalue weighted by Gasteiger charge is -2.07. The number of aliphatic carboxylic acids is 1. The average Bonchev–Trinajstić information content (AvgIpc) is 2.57. The molecule has 4 nitrogen and oxygen atoms in total. The molecule has 2 aromatic rings. The van der Waals surface area contributed by atoms with Gasteiger partial charge in [-0.1, -0.05) is 41.9 Å². The quantitative estimate of drug-likeness (QED) is 0.819. The van der Waals surface area contributed by atoms with Crippen LogP contribution in [0.5, 0.6) is 5.75 Å². The molecular weight excluding hydrogens is 359 g/mol. The van der Waals surface area contributed by atoms with Gasteiger partial charge in [-0.05, 0) is 29.3 Å². The first-order valence-electron chi connectivity index (χ1n) is 7.11. The molecule has 0 aromatic heterocycles. The van der Waals surface area contributed by atoms with E-state index in [-0.39, 0.29) is 0 Å². The second kappa shape index (κ2) is 9.90. The maximum atomic E-state index is 10.6. The van der Waals surface area contributed by atoms with Gasteiger partial charge in [0.2, 0.25) is 0 Å². The van der Waals surface area contributed by atoms with Gasteiger partial charge in [-0.2, -0.15) is 13.2 Å². The Balaban J connectivity index is 0.000000381. The molecular formula is C17H17ClF3NO3. The maximum absolute atomic E-state index is 10.6. The summed E-state index contributed by atoms with van der Waals surface area (Å²) in [5, 5.41) is 11.3. The maximum Gasteiger partial charge on any atom is 0.490 e. The molecule has 0 amide bonds. The lowest BCUT2D eigenvalue weighted by Crippen LogP contribution is -2.21. The van der Waals surface area contributed by atoms with Crippen LogP contribution < -0.4 is 10.1 Å². The van der Waals surface area contributed by atoms with Crippen molar-refractivity contribution in [2.24, 2.45) is 0 Å². The van der Waals surface area contributed by atoms with Crippen LogP contribution in [0.3, 0.4) is 0 Å². The third kappa shape index (κ3) is 7.91. The van der Waals surface area contributed by atoms with Gasteiger partial charge < -0.3 is 15.2 Å². The van der Waals surface area contributed by atoms with Crippen LogP contribution >= 0.6 is 11.6 Å². The van der Waals surface area contributed by atoms with Crippen molar-refractivity contribution in [2.45, 2.75) is 19.3 Å². The lowest BCUT2D eigenvalue weighted by molar-refractivity contribution is -0.192. The number of nitrogens with one attached hydrogen (secondary N) is 1. The number of carbonyl (C=O) groups is 1. The second-order valence-corrected chi connectivity index (χ2v) is 5.25. The summed E-state index contributed by atoms with van der Waals surface area (Å²) in [6.45, 7) is 1.58. The summed E-state index contributed by atoms with van der Waals surface area (Å²) >= 11 is 6.09. The Morgan fingerprint density at radius 3 is 2.16 bits per heavy atom. The molecule has 2 N–H and O–H groups in total. The molecule has 0 spiro atoms. The molecule has 0 atom stereocenters. The highest BCUT2D eigenvalue weighted by molar-refractivity contribution is 6.31. The zero-order chi connectivity index (χ0) is 18.9. The summed E-state index contributed by atoms with van der Waals surface area (Å²) in [6, 6.07) is 15.9. The number of carboxylic acids is 1. The number of halogens is 4. The van der Waals surface area contributed by atoms with Gasteiger partial charge >= 0.3 is 12.1 Å². The van der Waals surface area contributed by atoms with Gasteiger partial charge in [-0.3, -0.25) is 0 Å². The van der Waals surface area contributed by atoms with Crippen LogP contribution in [0, 0.1) is 0 Å². The van der Waals surface area contributed by atoms with Gasteiger partial charge in [-0.15, -0.1) is 0 Å². The van der Waals surface area contributed by atoms with E-state index in [0.717, 1.165) is 29.4 Å². The Morgan fingerprint density at radius 2 is 1.68 bits per heavy atom. The van der Waals surface area contributed by atoms with E-state index in [1.165, 1.54) is 5.56 Å². The first-order valence-corrected chi connectivity index (χ1v) is 7.49. The summed E-state index contributed by atoms with van der Waals surface area (Å²) in [5.41, 5.74) is 2.34. The van der Waals surface area contributed by atoms with Crippen LogP contribution in [0.25, 0.3) is 0 Å². The largest absolute Gasteiger partial charge is 0.497 e. The third-order valence-corrected chi connectivity index (χ3v) is 3.37. The fourth-order valence-corrected chi connectivity index (χ4v) is 1.93. The van der Waals surface area contributed by atoms with Crippen LogP contribution in [0.15, 0.2) is 48.5 Å². The van der Waals surface area contributed by atoms with Crippen molar-refractivity contribution < 1.29 is 27.8 Å². The van der Waals surface area contributed by atoms with Crippen molar-refractivity contribution in [3.8, 4) is 5.75 Å². The number of benzene rings is 2. The number of carboxylic acid groups (broad SMARTS) is 1. The number of ether oxygens (including phenoxy) is 1. The third-order valence-electron chi connectivity index (χ3n) is 3.00. The minimum absolute atomic E-state index is 0.770. The van der Waals surface area contributed by atoms with Crippen molar-refractivity contribution in [1.29, 1.82) is 0 Å². The van der Waals surface area contributed by atoms with Gasteiger partial charge in [0, 0.05) is 18.1 Å². The van der Waals surface area contributed by atoms with Crippen molar-refractivity contribution in [3.05, 3.63) is 64.7 Å². The number of hydrogen-bond donors (Lipinski definition) is 2. The Labute approximate surface area is 148 Å². The summed E-state index contributed by atoms with van der Waals surface area (Å²) in [4.78, 5) is 8.90. The zero-order valence-electron chi connectivity index (χ0n) is 13.3. The molecule has 0 fully saturated rings. The van der Waals surface area contributed by atoms with Crippen molar-refractivity contribution >= 4 is 17.6 Å². The summed E-state index contributed by atoms with van der Waals surface area (Å²) < 4.78 is 36.9. The molecule has 2 aromatic carbocycles. The SMILES string of the molecule is COc1ccc(CNCc2ccccc2Cl)cc1.O=C(O)C(F)(F)F. The van der Waals surface area contributed by atoms with Crippen LogP contribution in [-0.2, 0) is 17.9 Å². The number of hydrogen-bond acceptors (Lipinski definition) is 3. The van der Waals surface area contributed by atoms with Crippen LogP contribution in [0.4, 0.5) is 13.2 Å². The first-order chi connectivity index (χ1) is 11.7. The summed E-state index contributed by atoms with van der Waals surface area (Å²) in [7, 11) is 1.67. The Bertz CT molecular complexity index is 676. The Kier molecular flexibility index (Phi) is 8.24. The topological polar surface area (TPSA) is 58.6 Å². The highest BCUT2D eigenvalue weighted by Crippen LogP contribution is 2.15. The van der Waals surface area contributed by atoms with Gasteiger partial charge in [-0.25, -0.2) is 4.79 Å². The predicted molar refractivity (Wildman–Crippen MR) is 88.7 cm³/mol. The lowest BCUT2D eigenvalue weighted by atomic mass is 10.2. The van der Waals surface area contributed by atoms with E-state index in [4.69, 9.17) is 26.2 Å². The minimum Gasteiger partial charge on any atom is -0.497 e. The average molecular weight is 376 g/mol. The van der Waals surface area contributed by atoms with Gasteiger partial charge in [0.1, 0.15) is 5.75 Å². The molecule has 0 saturated carbocycles. The molecule has 2 rings (SSSR count). The molecule has 25 heavy (non-hydrogen) atoms. The molecule has 0 radical (unpaired) electrons. The second-order valence-electron chi connectivity index (χ2n) is 4.85. The van der Waals surface area contributed by atoms with Gasteiger partial charge in [0.05, 0.1) is 7.11 Å². The summed E-state index contributed by atoms with van der Waals surface area (Å²) in [6.07, 6.45) is -5.08. The smallest absolute Gasteiger partial charge is 0.490 e. The van der Waals surface area contributed by atoms with E-state index >= 15 is 0 Å². The van der Waals surface area contributed by atoms with Crippen LogP contribution in [0.2, 0.25) is 5.02 Å². The molecule has 8 heteroatoms. The van der Waals surface area contributed by atoms with E-state index in [1.807, 2.05) is 36.4 Å². The minimum atomic E-state index is -5.08. The van der Waals surface area contributed by atoms with E-state index in [0.29, 0.717) is 0 Å². The van der Waals surface area contributed by atoms with E-state index in [2.05, 4.69) is 17.4 Å². The fraction of sp³-hybridized carbons (Fsp3) is 0.235. The predicted octanol–water partition coefficient (Wildman–Crippen LogP) is 4.27. The molecule has 0 aliphatic carbocycles. The molecule has 0 aliphatic rings. The molecule has 0 aliphatic heterocycles. The van der Waals surface area contributed by atoms with Crippen molar-refractivity contribution in [2.75, 3.05) is 7.11 Å². The highest BCUT2D eigenvalue weighted by Gasteiger charge is 2.38. The van der Waals surface area contributed by atoms with E-state index < -0.39 is 12.1 Å². The highest BCUT2D eigenvalue weighted by atomic mass is 35.5. The van der Waals surface area contributed by atoms with Crippen molar-refractivity contribution in [1.82, 2.24) is 5.32 Å². The van der Waals surface area contributed by atoms with Gasteiger partial charge in [0.15, 0.2) is 0 Å². The fourth-order valence-electron chi connectivity index (χ4n) is 1.73. The molecule has 0 bridgehead atoms. The van der Waals surface area contributed by atoms with Crippen LogP contribution in [0.1, 0.15) is 11.1 Å². The van der Waals surface area contributed by atoms with Crippen molar-refractivity contribution in [3.63, 3.8) is 0 Å². The molecule has 0 unspecified atom stereocenters. The number of alkyl halides is 3. The zero-order valence-corrected chi connectivity index (χ0v) is 14.1. The molecule has 0 heterocycles. The van der Waals surface area contributed by atoms with E-state index in [1.54, 1.807) is 7.11 Å². The molecule has 0 saturated heterocycles. The first kappa shape index (κ1) is 20.8.